The van der Waals surface area contributed by atoms with Crippen LogP contribution in [-0.2, 0) is 9.59 Å². The Balaban J connectivity index is 1.58. The number of carbonyl (C=O) groups is 2. The van der Waals surface area contributed by atoms with Gasteiger partial charge >= 0.3 is 0 Å². The second-order valence-electron chi connectivity index (χ2n) is 7.40. The zero-order valence-electron chi connectivity index (χ0n) is 16.2. The van der Waals surface area contributed by atoms with Crippen molar-refractivity contribution in [1.29, 1.82) is 0 Å². The summed E-state index contributed by atoms with van der Waals surface area (Å²) in [5, 5.41) is 13.1. The third-order valence-electron chi connectivity index (χ3n) is 5.31. The Morgan fingerprint density at radius 2 is 1.93 bits per heavy atom. The van der Waals surface area contributed by atoms with E-state index in [0.717, 1.165) is 5.56 Å². The van der Waals surface area contributed by atoms with Gasteiger partial charge in [0.05, 0.1) is 6.04 Å². The molecule has 2 atom stereocenters. The Bertz CT molecular complexity index is 801. The summed E-state index contributed by atoms with van der Waals surface area (Å²) in [4.78, 5) is 27.9. The van der Waals surface area contributed by atoms with Gasteiger partial charge in [0, 0.05) is 43.9 Å². The number of rotatable bonds is 4. The van der Waals surface area contributed by atoms with Crippen molar-refractivity contribution in [2.24, 2.45) is 5.73 Å². The SMILES string of the molecule is Cc1ccc(F)c2c1C=C(CCC(=O)N1CCN(C(=O)[C@H](C)N)CC1)NC2O. The fourth-order valence-electron chi connectivity index (χ4n) is 3.66. The zero-order valence-corrected chi connectivity index (χ0v) is 16.2. The van der Waals surface area contributed by atoms with Crippen LogP contribution in [0.25, 0.3) is 6.08 Å². The molecule has 28 heavy (non-hydrogen) atoms. The first-order chi connectivity index (χ1) is 13.3. The lowest BCUT2D eigenvalue weighted by Gasteiger charge is -2.35. The van der Waals surface area contributed by atoms with E-state index >= 15 is 0 Å². The molecule has 8 heteroatoms. The van der Waals surface area contributed by atoms with E-state index in [4.69, 9.17) is 5.73 Å². The molecule has 1 saturated heterocycles. The number of aliphatic hydroxyl groups is 1. The van der Waals surface area contributed by atoms with Crippen LogP contribution in [0.4, 0.5) is 4.39 Å². The third-order valence-corrected chi connectivity index (χ3v) is 5.31. The highest BCUT2D eigenvalue weighted by Crippen LogP contribution is 2.30. The van der Waals surface area contributed by atoms with Crippen LogP contribution in [-0.4, -0.2) is 58.9 Å². The average Bonchev–Trinajstić information content (AvgIpc) is 2.68. The van der Waals surface area contributed by atoms with Crippen LogP contribution in [0.15, 0.2) is 17.8 Å². The Morgan fingerprint density at radius 3 is 2.57 bits per heavy atom. The smallest absolute Gasteiger partial charge is 0.239 e. The number of aryl methyl sites for hydroxylation is 1. The number of piperazine rings is 1. The minimum absolute atomic E-state index is 0.00755. The van der Waals surface area contributed by atoms with Crippen molar-refractivity contribution in [3.8, 4) is 0 Å². The zero-order chi connectivity index (χ0) is 20.4. The molecule has 0 aliphatic carbocycles. The minimum Gasteiger partial charge on any atom is -0.369 e. The minimum atomic E-state index is -1.13. The molecule has 0 spiro atoms. The maximum absolute atomic E-state index is 14.0. The van der Waals surface area contributed by atoms with Crippen molar-refractivity contribution >= 4 is 17.9 Å². The van der Waals surface area contributed by atoms with Gasteiger partial charge in [0.2, 0.25) is 11.8 Å². The predicted octanol–water partition coefficient (Wildman–Crippen LogP) is 0.867. The highest BCUT2D eigenvalue weighted by molar-refractivity contribution is 5.82. The molecular formula is C20H27FN4O3. The van der Waals surface area contributed by atoms with Gasteiger partial charge in [-0.05, 0) is 43.5 Å². The van der Waals surface area contributed by atoms with Crippen molar-refractivity contribution in [2.45, 2.75) is 39.0 Å². The van der Waals surface area contributed by atoms with Crippen molar-refractivity contribution in [1.82, 2.24) is 15.1 Å². The molecule has 3 rings (SSSR count). The van der Waals surface area contributed by atoms with Crippen LogP contribution in [0.2, 0.25) is 0 Å². The van der Waals surface area contributed by atoms with Gasteiger partial charge < -0.3 is 26.0 Å². The van der Waals surface area contributed by atoms with Crippen LogP contribution >= 0.6 is 0 Å². The van der Waals surface area contributed by atoms with E-state index in [9.17, 15) is 19.1 Å². The summed E-state index contributed by atoms with van der Waals surface area (Å²) < 4.78 is 14.0. The van der Waals surface area contributed by atoms with Gasteiger partial charge in [-0.1, -0.05) is 6.07 Å². The number of hydrogen-bond acceptors (Lipinski definition) is 5. The number of fused-ring (bicyclic) bond motifs is 1. The monoisotopic (exact) mass is 390 g/mol. The quantitative estimate of drug-likeness (QED) is 0.709. The molecule has 1 aromatic rings. The Labute approximate surface area is 164 Å². The fraction of sp³-hybridized carbons (Fsp3) is 0.500. The molecular weight excluding hydrogens is 363 g/mol. The first-order valence-electron chi connectivity index (χ1n) is 9.54. The number of nitrogens with one attached hydrogen (secondary N) is 1. The molecule has 2 aliphatic rings. The Hall–Kier alpha value is -2.45. The van der Waals surface area contributed by atoms with Crippen LogP contribution < -0.4 is 11.1 Å². The van der Waals surface area contributed by atoms with Crippen molar-refractivity contribution in [2.75, 3.05) is 26.2 Å². The van der Waals surface area contributed by atoms with E-state index in [1.165, 1.54) is 6.07 Å². The number of amides is 2. The van der Waals surface area contributed by atoms with Gasteiger partial charge in [-0.3, -0.25) is 9.59 Å². The standard InChI is InChI=1S/C20H27FN4O3/c1-12-3-5-16(21)18-15(12)11-14(23-19(18)27)4-6-17(26)24-7-9-25(10-8-24)20(28)13(2)22/h3,5,11,13,19,23,27H,4,6-10,22H2,1-2H3/t13-,19?/m0/s1. The van der Waals surface area contributed by atoms with Crippen molar-refractivity contribution in [3.05, 3.63) is 40.3 Å². The second kappa shape index (κ2) is 8.28. The highest BCUT2D eigenvalue weighted by Gasteiger charge is 2.27. The molecule has 0 aromatic heterocycles. The number of aliphatic hydroxyl groups excluding tert-OH is 1. The summed E-state index contributed by atoms with van der Waals surface area (Å²) in [6.07, 6.45) is 1.37. The van der Waals surface area contributed by atoms with E-state index in [2.05, 4.69) is 5.32 Å². The molecule has 2 aliphatic heterocycles. The summed E-state index contributed by atoms with van der Waals surface area (Å²) in [5.41, 5.74) is 8.10. The lowest BCUT2D eigenvalue weighted by Crippen LogP contribution is -2.53. The third kappa shape index (κ3) is 4.18. The predicted molar refractivity (Wildman–Crippen MR) is 103 cm³/mol. The molecule has 2 amide bonds. The maximum atomic E-state index is 14.0. The first-order valence-corrected chi connectivity index (χ1v) is 9.54. The van der Waals surface area contributed by atoms with Crippen LogP contribution in [0.5, 0.6) is 0 Å². The maximum Gasteiger partial charge on any atom is 0.239 e. The van der Waals surface area contributed by atoms with Gasteiger partial charge in [-0.25, -0.2) is 4.39 Å². The van der Waals surface area contributed by atoms with E-state index in [0.29, 0.717) is 43.9 Å². The van der Waals surface area contributed by atoms with Crippen LogP contribution in [0.3, 0.4) is 0 Å². The van der Waals surface area contributed by atoms with E-state index < -0.39 is 18.1 Å². The topological polar surface area (TPSA) is 98.9 Å². The van der Waals surface area contributed by atoms with Crippen LogP contribution in [0.1, 0.15) is 42.7 Å². The number of allylic oxidation sites excluding steroid dienone is 1. The summed E-state index contributed by atoms with van der Waals surface area (Å²) in [6, 6.07) is 2.49. The van der Waals surface area contributed by atoms with E-state index in [1.807, 2.05) is 6.92 Å². The summed E-state index contributed by atoms with van der Waals surface area (Å²) >= 11 is 0. The lowest BCUT2D eigenvalue weighted by atomic mass is 9.95. The number of halogens is 1. The summed E-state index contributed by atoms with van der Waals surface area (Å²) in [6.45, 7) is 5.46. The van der Waals surface area contributed by atoms with Gasteiger partial charge in [-0.15, -0.1) is 0 Å². The first kappa shape index (κ1) is 20.3. The second-order valence-corrected chi connectivity index (χ2v) is 7.40. The largest absolute Gasteiger partial charge is 0.369 e. The van der Waals surface area contributed by atoms with E-state index in [-0.39, 0.29) is 23.8 Å². The van der Waals surface area contributed by atoms with Gasteiger partial charge in [0.15, 0.2) is 6.23 Å². The molecule has 0 saturated carbocycles. The molecule has 0 bridgehead atoms. The molecule has 2 heterocycles. The number of benzene rings is 1. The Kier molecular flexibility index (Phi) is 6.00. The van der Waals surface area contributed by atoms with Crippen molar-refractivity contribution in [3.63, 3.8) is 0 Å². The van der Waals surface area contributed by atoms with Gasteiger partial charge in [0.25, 0.3) is 0 Å². The fourth-order valence-corrected chi connectivity index (χ4v) is 3.66. The van der Waals surface area contributed by atoms with Gasteiger partial charge in [0.1, 0.15) is 5.82 Å². The van der Waals surface area contributed by atoms with Crippen LogP contribution in [0, 0.1) is 12.7 Å². The summed E-state index contributed by atoms with van der Waals surface area (Å²) in [7, 11) is 0. The van der Waals surface area contributed by atoms with Gasteiger partial charge in [-0.2, -0.15) is 0 Å². The van der Waals surface area contributed by atoms with Crippen molar-refractivity contribution < 1.29 is 19.1 Å². The molecule has 1 fully saturated rings. The molecule has 1 unspecified atom stereocenters. The normalized spacial score (nSPS) is 20.2. The molecule has 152 valence electrons. The summed E-state index contributed by atoms with van der Waals surface area (Å²) in [5.74, 6) is -0.558. The molecule has 7 nitrogen and oxygen atoms in total. The average molecular weight is 390 g/mol. The molecule has 4 N–H and O–H groups in total. The van der Waals surface area contributed by atoms with E-state index in [1.54, 1.807) is 28.9 Å². The molecule has 1 aromatic carbocycles. The molecule has 0 radical (unpaired) electrons. The number of nitrogens with zero attached hydrogens (tertiary/aromatic N) is 2. The highest BCUT2D eigenvalue weighted by atomic mass is 19.1. The number of carbonyl (C=O) groups excluding carboxylic acids is 2. The lowest BCUT2D eigenvalue weighted by molar-refractivity contribution is -0.140. The number of nitrogens with two attached hydrogens (primary N) is 1. The number of hydrogen-bond donors (Lipinski definition) is 3. The Morgan fingerprint density at radius 1 is 1.29 bits per heavy atom.